The highest BCUT2D eigenvalue weighted by molar-refractivity contribution is 5.45. The number of rotatable bonds is 6. The highest BCUT2D eigenvalue weighted by Crippen LogP contribution is 2.32. The summed E-state index contributed by atoms with van der Waals surface area (Å²) in [5.74, 6) is -1.22. The zero-order valence-electron chi connectivity index (χ0n) is 14.9. The maximum Gasteiger partial charge on any atom is 0.391 e. The molecular formula is C17H20F5N3O. The van der Waals surface area contributed by atoms with Gasteiger partial charge in [0, 0.05) is 18.3 Å². The van der Waals surface area contributed by atoms with E-state index in [9.17, 15) is 22.0 Å². The summed E-state index contributed by atoms with van der Waals surface area (Å²) < 4.78 is 70.1. The molecule has 0 aliphatic heterocycles. The number of aromatic nitrogens is 3. The van der Waals surface area contributed by atoms with Crippen molar-refractivity contribution < 1.29 is 26.7 Å². The first-order valence-corrected chi connectivity index (χ1v) is 8.10. The molecule has 0 N–H and O–H groups in total. The first-order chi connectivity index (χ1) is 12.0. The molecule has 9 heteroatoms. The molecule has 0 aliphatic carbocycles. The van der Waals surface area contributed by atoms with E-state index in [4.69, 9.17) is 0 Å². The van der Waals surface area contributed by atoms with E-state index in [-0.39, 0.29) is 23.6 Å². The summed E-state index contributed by atoms with van der Waals surface area (Å²) >= 11 is 0. The lowest BCUT2D eigenvalue weighted by Gasteiger charge is -2.18. The lowest BCUT2D eigenvalue weighted by Crippen LogP contribution is -2.22. The standard InChI is InChI=1S/C17H20F5N3O/c1-5-14-24-10(3)11(4)25(14)15-13(26-16(18)19)7-12(8-23-15)6-9(2)17(20,21)22/h7-9,16H,5-6H2,1-4H3/t9-/m1/s1. The topological polar surface area (TPSA) is 39.9 Å². The third-order valence-corrected chi connectivity index (χ3v) is 4.15. The molecule has 2 rings (SSSR count). The zero-order chi connectivity index (χ0) is 19.6. The van der Waals surface area contributed by atoms with Crippen LogP contribution in [0.25, 0.3) is 5.82 Å². The molecule has 0 radical (unpaired) electrons. The fourth-order valence-corrected chi connectivity index (χ4v) is 2.61. The number of nitrogens with zero attached hydrogens (tertiary/aromatic N) is 3. The van der Waals surface area contributed by atoms with Crippen LogP contribution in [0.1, 0.15) is 36.6 Å². The Labute approximate surface area is 148 Å². The summed E-state index contributed by atoms with van der Waals surface area (Å²) in [5, 5.41) is 0. The number of imidazole rings is 1. The Morgan fingerprint density at radius 3 is 2.42 bits per heavy atom. The van der Waals surface area contributed by atoms with Gasteiger partial charge >= 0.3 is 12.8 Å². The SMILES string of the molecule is CCc1nc(C)c(C)n1-c1ncc(C[C@@H](C)C(F)(F)F)cc1OC(F)F. The molecule has 0 bridgehead atoms. The van der Waals surface area contributed by atoms with Crippen LogP contribution >= 0.6 is 0 Å². The van der Waals surface area contributed by atoms with E-state index in [1.807, 2.05) is 6.92 Å². The van der Waals surface area contributed by atoms with Crippen molar-refractivity contribution in [2.45, 2.75) is 53.3 Å². The van der Waals surface area contributed by atoms with Crippen molar-refractivity contribution in [1.82, 2.24) is 14.5 Å². The van der Waals surface area contributed by atoms with Crippen LogP contribution in [0.4, 0.5) is 22.0 Å². The Kier molecular flexibility index (Phi) is 5.87. The van der Waals surface area contributed by atoms with Crippen molar-refractivity contribution in [2.24, 2.45) is 5.92 Å². The van der Waals surface area contributed by atoms with E-state index in [0.29, 0.717) is 23.6 Å². The number of ether oxygens (including phenoxy) is 1. The molecule has 26 heavy (non-hydrogen) atoms. The van der Waals surface area contributed by atoms with Crippen molar-refractivity contribution in [1.29, 1.82) is 0 Å². The second kappa shape index (κ2) is 7.59. The predicted octanol–water partition coefficient (Wildman–Crippen LogP) is 4.79. The molecule has 2 aromatic rings. The smallest absolute Gasteiger partial charge is 0.391 e. The van der Waals surface area contributed by atoms with Crippen molar-refractivity contribution in [3.63, 3.8) is 0 Å². The number of pyridine rings is 1. The maximum absolute atomic E-state index is 12.8. The molecule has 2 heterocycles. The third kappa shape index (κ3) is 4.31. The molecule has 144 valence electrons. The second-order valence-corrected chi connectivity index (χ2v) is 6.08. The molecule has 0 amide bonds. The zero-order valence-corrected chi connectivity index (χ0v) is 14.9. The highest BCUT2D eigenvalue weighted by atomic mass is 19.4. The monoisotopic (exact) mass is 377 g/mol. The van der Waals surface area contributed by atoms with Crippen molar-refractivity contribution >= 4 is 0 Å². The van der Waals surface area contributed by atoms with Crippen molar-refractivity contribution in [2.75, 3.05) is 0 Å². The number of hydrogen-bond donors (Lipinski definition) is 0. The van der Waals surface area contributed by atoms with Crippen LogP contribution in [0.15, 0.2) is 12.3 Å². The largest absolute Gasteiger partial charge is 0.431 e. The lowest BCUT2D eigenvalue weighted by molar-refractivity contribution is -0.169. The minimum absolute atomic E-state index is 0.0867. The van der Waals surface area contributed by atoms with Gasteiger partial charge in [0.2, 0.25) is 0 Å². The van der Waals surface area contributed by atoms with Crippen LogP contribution in [0, 0.1) is 19.8 Å². The Hall–Kier alpha value is -2.19. The predicted molar refractivity (Wildman–Crippen MR) is 85.8 cm³/mol. The fraction of sp³-hybridized carbons (Fsp3) is 0.529. The normalized spacial score (nSPS) is 13.3. The quantitative estimate of drug-likeness (QED) is 0.680. The Bertz CT molecular complexity index is 770. The molecule has 0 fully saturated rings. The van der Waals surface area contributed by atoms with E-state index >= 15 is 0 Å². The molecule has 0 unspecified atom stereocenters. The van der Waals surface area contributed by atoms with Gasteiger partial charge < -0.3 is 4.74 Å². The van der Waals surface area contributed by atoms with Gasteiger partial charge in [-0.3, -0.25) is 4.57 Å². The highest BCUT2D eigenvalue weighted by Gasteiger charge is 2.36. The van der Waals surface area contributed by atoms with E-state index in [2.05, 4.69) is 14.7 Å². The van der Waals surface area contributed by atoms with Gasteiger partial charge in [-0.25, -0.2) is 9.97 Å². The van der Waals surface area contributed by atoms with E-state index in [1.165, 1.54) is 12.3 Å². The minimum Gasteiger partial charge on any atom is -0.431 e. The number of halogens is 5. The van der Waals surface area contributed by atoms with Gasteiger partial charge in [-0.15, -0.1) is 0 Å². The van der Waals surface area contributed by atoms with Crippen LogP contribution in [-0.4, -0.2) is 27.3 Å². The first-order valence-electron chi connectivity index (χ1n) is 8.10. The molecule has 0 saturated heterocycles. The van der Waals surface area contributed by atoms with Gasteiger partial charge in [-0.1, -0.05) is 13.8 Å². The molecule has 0 aliphatic rings. The van der Waals surface area contributed by atoms with E-state index < -0.39 is 18.7 Å². The summed E-state index contributed by atoms with van der Waals surface area (Å²) in [6.07, 6.45) is -2.98. The van der Waals surface area contributed by atoms with E-state index in [1.54, 1.807) is 18.4 Å². The molecule has 2 aromatic heterocycles. The van der Waals surface area contributed by atoms with E-state index in [0.717, 1.165) is 6.92 Å². The van der Waals surface area contributed by atoms with Crippen LogP contribution in [0.2, 0.25) is 0 Å². The van der Waals surface area contributed by atoms with Gasteiger partial charge in [0.05, 0.1) is 11.6 Å². The van der Waals surface area contributed by atoms with Gasteiger partial charge in [-0.2, -0.15) is 22.0 Å². The average Bonchev–Trinajstić information content (AvgIpc) is 2.81. The third-order valence-electron chi connectivity index (χ3n) is 4.15. The number of aryl methyl sites for hydroxylation is 2. The van der Waals surface area contributed by atoms with Crippen molar-refractivity contribution in [3.8, 4) is 11.6 Å². The van der Waals surface area contributed by atoms with Gasteiger partial charge in [0.15, 0.2) is 11.6 Å². The van der Waals surface area contributed by atoms with Crippen LogP contribution < -0.4 is 4.74 Å². The summed E-state index contributed by atoms with van der Waals surface area (Å²) in [4.78, 5) is 8.48. The molecule has 0 saturated carbocycles. The Morgan fingerprint density at radius 2 is 1.88 bits per heavy atom. The average molecular weight is 377 g/mol. The molecule has 1 atom stereocenters. The molecule has 4 nitrogen and oxygen atoms in total. The Balaban J connectivity index is 2.51. The molecule has 0 spiro atoms. The van der Waals surface area contributed by atoms with Gasteiger partial charge in [0.25, 0.3) is 0 Å². The van der Waals surface area contributed by atoms with Gasteiger partial charge in [-0.05, 0) is 31.9 Å². The van der Waals surface area contributed by atoms with Crippen LogP contribution in [-0.2, 0) is 12.8 Å². The lowest BCUT2D eigenvalue weighted by atomic mass is 10.0. The molecular weight excluding hydrogens is 357 g/mol. The summed E-state index contributed by atoms with van der Waals surface area (Å²) in [7, 11) is 0. The molecule has 0 aromatic carbocycles. The maximum atomic E-state index is 12.8. The first kappa shape index (κ1) is 20.1. The van der Waals surface area contributed by atoms with Crippen molar-refractivity contribution in [3.05, 3.63) is 35.0 Å². The second-order valence-electron chi connectivity index (χ2n) is 6.08. The summed E-state index contributed by atoms with van der Waals surface area (Å²) in [5.41, 5.74) is 1.58. The van der Waals surface area contributed by atoms with Crippen LogP contribution in [0.3, 0.4) is 0 Å². The van der Waals surface area contributed by atoms with Crippen LogP contribution in [0.5, 0.6) is 5.75 Å². The summed E-state index contributed by atoms with van der Waals surface area (Å²) in [6.45, 7) is 3.29. The number of hydrogen-bond acceptors (Lipinski definition) is 3. The number of alkyl halides is 5. The minimum atomic E-state index is -4.38. The Morgan fingerprint density at radius 1 is 1.23 bits per heavy atom. The van der Waals surface area contributed by atoms with Gasteiger partial charge in [0.1, 0.15) is 5.82 Å². The fourth-order valence-electron chi connectivity index (χ4n) is 2.61. The summed E-state index contributed by atoms with van der Waals surface area (Å²) in [6, 6.07) is 1.19.